The predicted molar refractivity (Wildman–Crippen MR) is 184 cm³/mol. The number of hydrogen-bond acceptors (Lipinski definition) is 6. The number of aromatic nitrogens is 6. The molecule has 6 aromatic heterocycles. The van der Waals surface area contributed by atoms with E-state index >= 15 is 0 Å². The Morgan fingerprint density at radius 2 is 0.636 bits per heavy atom. The van der Waals surface area contributed by atoms with Crippen LogP contribution in [0.5, 0.6) is 0 Å². The van der Waals surface area contributed by atoms with E-state index in [0.29, 0.717) is 0 Å². The Labute approximate surface area is 252 Å². The lowest BCUT2D eigenvalue weighted by molar-refractivity contribution is 1.38. The first-order valence-corrected chi connectivity index (χ1v) is 16.3. The summed E-state index contributed by atoms with van der Waals surface area (Å²) in [5.74, 6) is 0. The van der Waals surface area contributed by atoms with E-state index < -0.39 is 6.89 Å². The average molecular weight is 583 g/mol. The monoisotopic (exact) mass is 582 g/mol. The van der Waals surface area contributed by atoms with Gasteiger partial charge in [-0.25, -0.2) is 0 Å². The van der Waals surface area contributed by atoms with Crippen LogP contribution < -0.4 is 15.9 Å². The third kappa shape index (κ3) is 3.49. The average Bonchev–Trinajstić information content (AvgIpc) is 3.10. The molecule has 0 saturated carbocycles. The Hall–Kier alpha value is -5.58. The summed E-state index contributed by atoms with van der Waals surface area (Å²) in [4.78, 5) is 28.9. The molecule has 0 aliphatic rings. The van der Waals surface area contributed by atoms with Crippen molar-refractivity contribution in [2.75, 3.05) is 0 Å². The first-order chi connectivity index (χ1) is 21.7. The highest BCUT2D eigenvalue weighted by molar-refractivity contribution is 7.94. The van der Waals surface area contributed by atoms with Gasteiger partial charge in [-0.2, -0.15) is 0 Å². The maximum Gasteiger partial charge on any atom is 0.0971 e. The first kappa shape index (κ1) is 25.0. The standard InChI is InChI=1S/C37H23N6P/c1-44(29-20-23-8-2-14-38-32(23)35-26(29)11-5-17-41-35,30-21-24-9-3-15-39-33(24)36-27(30)12-6-18-42-36)31-22-25-10-4-16-40-34(25)37-28(31)13-7-19-43-37/h2-22H,1H2. The van der Waals surface area contributed by atoms with Crippen LogP contribution in [0.15, 0.2) is 128 Å². The van der Waals surface area contributed by atoms with E-state index in [1.165, 1.54) is 0 Å². The fraction of sp³-hybridized carbons (Fsp3) is 0. The van der Waals surface area contributed by atoms with Crippen molar-refractivity contribution in [2.24, 2.45) is 0 Å². The van der Waals surface area contributed by atoms with Crippen molar-refractivity contribution in [3.63, 3.8) is 0 Å². The third-order valence-corrected chi connectivity index (χ3v) is 12.1. The lowest BCUT2D eigenvalue weighted by Gasteiger charge is -2.31. The fourth-order valence-electron chi connectivity index (χ4n) is 6.61. The van der Waals surface area contributed by atoms with Gasteiger partial charge in [-0.15, -0.1) is 0 Å². The zero-order valence-corrected chi connectivity index (χ0v) is 24.4. The molecule has 0 radical (unpaired) electrons. The molecule has 6 heterocycles. The molecule has 0 N–H and O–H groups in total. The quantitative estimate of drug-likeness (QED) is 0.170. The lowest BCUT2D eigenvalue weighted by atomic mass is 10.1. The number of rotatable bonds is 3. The van der Waals surface area contributed by atoms with Gasteiger partial charge >= 0.3 is 0 Å². The van der Waals surface area contributed by atoms with Gasteiger partial charge in [0.1, 0.15) is 0 Å². The second-order valence-electron chi connectivity index (χ2n) is 10.9. The van der Waals surface area contributed by atoms with Crippen molar-refractivity contribution in [2.45, 2.75) is 0 Å². The van der Waals surface area contributed by atoms with Crippen LogP contribution in [0.1, 0.15) is 0 Å². The van der Waals surface area contributed by atoms with E-state index in [1.54, 1.807) is 0 Å². The normalized spacial score (nSPS) is 12.2. The Morgan fingerprint density at radius 3 is 0.955 bits per heavy atom. The Bertz CT molecular complexity index is 2380. The molecule has 0 aliphatic carbocycles. The van der Waals surface area contributed by atoms with E-state index in [4.69, 9.17) is 36.2 Å². The molecule has 7 heteroatoms. The smallest absolute Gasteiger partial charge is 0.0971 e. The number of pyridine rings is 6. The van der Waals surface area contributed by atoms with Crippen LogP contribution in [-0.2, 0) is 0 Å². The topological polar surface area (TPSA) is 77.3 Å². The Kier molecular flexibility index (Phi) is 5.37. The molecular weight excluding hydrogens is 559 g/mol. The van der Waals surface area contributed by atoms with Crippen molar-refractivity contribution < 1.29 is 0 Å². The summed E-state index contributed by atoms with van der Waals surface area (Å²) in [7, 11) is 0. The Morgan fingerprint density at radius 1 is 0.364 bits per heavy atom. The molecule has 0 unspecified atom stereocenters. The number of fused-ring (bicyclic) bond motifs is 9. The van der Waals surface area contributed by atoms with Gasteiger partial charge in [0.2, 0.25) is 0 Å². The second-order valence-corrected chi connectivity index (χ2v) is 14.0. The van der Waals surface area contributed by atoms with Crippen LogP contribution in [0.25, 0.3) is 65.4 Å². The van der Waals surface area contributed by atoms with Crippen molar-refractivity contribution in [1.82, 2.24) is 29.9 Å². The summed E-state index contributed by atoms with van der Waals surface area (Å²) in [5, 5.41) is 9.56. The van der Waals surface area contributed by atoms with Gasteiger partial charge in [0, 0.05) is 69.5 Å². The third-order valence-electron chi connectivity index (χ3n) is 8.55. The molecule has 0 fully saturated rings. The molecule has 3 aromatic carbocycles. The molecule has 0 spiro atoms. The van der Waals surface area contributed by atoms with E-state index in [-0.39, 0.29) is 0 Å². The van der Waals surface area contributed by atoms with Crippen molar-refractivity contribution >= 4 is 94.5 Å². The number of nitrogens with zero attached hydrogens (tertiary/aromatic N) is 6. The maximum atomic E-state index is 5.32. The number of hydrogen-bond donors (Lipinski definition) is 0. The second kappa shape index (κ2) is 9.46. The van der Waals surface area contributed by atoms with Gasteiger partial charge in [0.05, 0.1) is 33.1 Å². The highest BCUT2D eigenvalue weighted by Crippen LogP contribution is 2.49. The molecule has 9 aromatic rings. The first-order valence-electron chi connectivity index (χ1n) is 14.3. The highest BCUT2D eigenvalue weighted by Gasteiger charge is 2.31. The number of benzene rings is 3. The summed E-state index contributed by atoms with van der Waals surface area (Å²) in [5.41, 5.74) is 5.22. The maximum absolute atomic E-state index is 5.32. The zero-order valence-electron chi connectivity index (χ0n) is 23.5. The van der Waals surface area contributed by atoms with Gasteiger partial charge in [-0.3, -0.25) is 29.9 Å². The zero-order chi connectivity index (χ0) is 29.3. The molecule has 6 nitrogen and oxygen atoms in total. The van der Waals surface area contributed by atoms with Crippen LogP contribution >= 0.6 is 6.89 Å². The molecule has 0 saturated heterocycles. The van der Waals surface area contributed by atoms with Crippen LogP contribution in [-0.4, -0.2) is 36.2 Å². The van der Waals surface area contributed by atoms with Crippen LogP contribution in [0, 0.1) is 0 Å². The van der Waals surface area contributed by atoms with Crippen molar-refractivity contribution in [3.05, 3.63) is 128 Å². The van der Waals surface area contributed by atoms with Gasteiger partial charge in [0.15, 0.2) is 0 Å². The van der Waals surface area contributed by atoms with Gasteiger partial charge in [-0.1, -0.05) is 42.7 Å². The Balaban J connectivity index is 1.55. The van der Waals surface area contributed by atoms with Crippen molar-refractivity contribution in [1.29, 1.82) is 0 Å². The van der Waals surface area contributed by atoms with Gasteiger partial charge < -0.3 is 0 Å². The molecule has 0 aliphatic heterocycles. The highest BCUT2D eigenvalue weighted by atomic mass is 31.2. The summed E-state index contributed by atoms with van der Waals surface area (Å²) in [6.45, 7) is -2.73. The SMILES string of the molecule is C=P(c1cc2cccnc2c2ncccc12)(c1cc2cccnc2c2ncccc12)c1cc2cccnc2c2ncccc12. The molecule has 0 amide bonds. The van der Waals surface area contributed by atoms with Crippen LogP contribution in [0.2, 0.25) is 0 Å². The largest absolute Gasteiger partial charge is 0.254 e. The molecule has 0 atom stereocenters. The minimum Gasteiger partial charge on any atom is -0.254 e. The van der Waals surface area contributed by atoms with E-state index in [1.807, 2.05) is 73.6 Å². The van der Waals surface area contributed by atoms with Crippen LogP contribution in [0.4, 0.5) is 0 Å². The van der Waals surface area contributed by atoms with E-state index in [9.17, 15) is 0 Å². The van der Waals surface area contributed by atoms with Crippen LogP contribution in [0.3, 0.4) is 0 Å². The van der Waals surface area contributed by atoms with Gasteiger partial charge in [-0.05, 0) is 77.4 Å². The minimum atomic E-state index is -2.73. The minimum absolute atomic E-state index is 0.864. The fourth-order valence-corrected chi connectivity index (χ4v) is 10.2. The summed E-state index contributed by atoms with van der Waals surface area (Å²) >= 11 is 0. The summed E-state index contributed by atoms with van der Waals surface area (Å²) < 4.78 is 0. The molecule has 0 bridgehead atoms. The summed E-state index contributed by atoms with van der Waals surface area (Å²) in [6.07, 6.45) is 16.3. The molecule has 44 heavy (non-hydrogen) atoms. The molecule has 9 rings (SSSR count). The van der Waals surface area contributed by atoms with Crippen molar-refractivity contribution in [3.8, 4) is 0 Å². The molecule has 206 valence electrons. The predicted octanol–water partition coefficient (Wildman–Crippen LogP) is 6.70. The molecular formula is C37H23N6P. The van der Waals surface area contributed by atoms with Gasteiger partial charge in [0.25, 0.3) is 0 Å². The van der Waals surface area contributed by atoms with E-state index in [2.05, 4.69) is 54.6 Å². The lowest BCUT2D eigenvalue weighted by Crippen LogP contribution is -2.28. The van der Waals surface area contributed by atoms with E-state index in [0.717, 1.165) is 81.3 Å². The summed E-state index contributed by atoms with van der Waals surface area (Å²) in [6, 6.07) is 31.5.